The number of carbonyl (C=O) groups excluding carboxylic acids is 1. The molecule has 0 aromatic carbocycles. The Morgan fingerprint density at radius 1 is 1.13 bits per heavy atom. The van der Waals surface area contributed by atoms with E-state index >= 15 is 0 Å². The summed E-state index contributed by atoms with van der Waals surface area (Å²) in [5.74, 6) is 0.808. The molecule has 9 nitrogen and oxygen atoms in total. The molecule has 1 N–H and O–H groups in total. The van der Waals surface area contributed by atoms with Crippen LogP contribution in [0.25, 0.3) is 4.85 Å². The summed E-state index contributed by atoms with van der Waals surface area (Å²) in [6.45, 7) is 16.0. The average molecular weight is 424 g/mol. The van der Waals surface area contributed by atoms with E-state index in [2.05, 4.69) is 20.1 Å². The van der Waals surface area contributed by atoms with Crippen LogP contribution in [0.1, 0.15) is 38.2 Å². The monoisotopic (exact) mass is 424 g/mol. The van der Waals surface area contributed by atoms with E-state index in [0.717, 1.165) is 0 Å². The van der Waals surface area contributed by atoms with Crippen molar-refractivity contribution in [1.29, 1.82) is 0 Å². The van der Waals surface area contributed by atoms with Crippen molar-refractivity contribution in [2.45, 2.75) is 38.9 Å². The highest BCUT2D eigenvalue weighted by Gasteiger charge is 2.52. The van der Waals surface area contributed by atoms with Crippen molar-refractivity contribution in [3.63, 3.8) is 0 Å². The van der Waals surface area contributed by atoms with Gasteiger partial charge in [0.2, 0.25) is 17.4 Å². The van der Waals surface area contributed by atoms with E-state index in [1.165, 1.54) is 0 Å². The molecule has 1 fully saturated rings. The van der Waals surface area contributed by atoms with Crippen LogP contribution < -0.4 is 15.5 Å². The largest absolute Gasteiger partial charge is 0.497 e. The molecule has 10 heteroatoms. The maximum atomic E-state index is 11.7. The zero-order chi connectivity index (χ0) is 22.6. The van der Waals surface area contributed by atoms with E-state index in [4.69, 9.17) is 25.4 Å². The fraction of sp³-hybridized carbons (Fsp3) is 0.429. The highest BCUT2D eigenvalue weighted by molar-refractivity contribution is 6.63. The fourth-order valence-corrected chi connectivity index (χ4v) is 2.88. The van der Waals surface area contributed by atoms with Gasteiger partial charge in [0.15, 0.2) is 6.29 Å². The molecule has 0 atom stereocenters. The Balaban J connectivity index is 1.82. The molecule has 162 valence electrons. The van der Waals surface area contributed by atoms with Gasteiger partial charge in [0, 0.05) is 25.2 Å². The van der Waals surface area contributed by atoms with Gasteiger partial charge in [0.1, 0.15) is 11.5 Å². The molecule has 0 radical (unpaired) electrons. The van der Waals surface area contributed by atoms with Crippen LogP contribution in [0.2, 0.25) is 0 Å². The first-order valence-corrected chi connectivity index (χ1v) is 9.81. The molecule has 0 saturated carbocycles. The van der Waals surface area contributed by atoms with E-state index in [-0.39, 0.29) is 17.5 Å². The van der Waals surface area contributed by atoms with E-state index in [1.54, 1.807) is 31.4 Å². The normalized spacial score (nSPS) is 16.6. The van der Waals surface area contributed by atoms with Gasteiger partial charge < -0.3 is 24.1 Å². The van der Waals surface area contributed by atoms with Crippen LogP contribution in [0, 0.1) is 6.57 Å². The summed E-state index contributed by atoms with van der Waals surface area (Å²) in [6.07, 6.45) is 0.639. The molecule has 1 aliphatic rings. The maximum Gasteiger partial charge on any atom is 0.497 e. The Kier molecular flexibility index (Phi) is 6.60. The maximum absolute atomic E-state index is 11.7. The zero-order valence-corrected chi connectivity index (χ0v) is 18.3. The molecule has 2 aromatic heterocycles. The number of anilines is 1. The first-order chi connectivity index (χ1) is 14.7. The number of nitrogens with zero attached hydrogens (tertiary/aromatic N) is 3. The second kappa shape index (κ2) is 9.02. The number of methoxy groups -OCH3 is 1. The molecular formula is C21H25BN4O5. The van der Waals surface area contributed by atoms with Crippen molar-refractivity contribution >= 4 is 30.4 Å². The van der Waals surface area contributed by atoms with Gasteiger partial charge >= 0.3 is 7.12 Å². The van der Waals surface area contributed by atoms with E-state index in [0.29, 0.717) is 36.4 Å². The summed E-state index contributed by atoms with van der Waals surface area (Å²) in [6, 6.07) is 6.48. The Bertz CT molecular complexity index is 990. The molecule has 2 aromatic rings. The number of pyridine rings is 2. The van der Waals surface area contributed by atoms with Gasteiger partial charge in [0.25, 0.3) is 0 Å². The molecule has 3 rings (SSSR count). The smallest absolute Gasteiger partial charge is 0.421 e. The van der Waals surface area contributed by atoms with Gasteiger partial charge in [-0.2, -0.15) is 0 Å². The molecule has 1 saturated heterocycles. The van der Waals surface area contributed by atoms with Gasteiger partial charge in [-0.3, -0.25) is 4.79 Å². The molecule has 0 unspecified atom stereocenters. The third-order valence-corrected chi connectivity index (χ3v) is 5.33. The Morgan fingerprint density at radius 2 is 1.77 bits per heavy atom. The number of aromatic nitrogens is 2. The highest BCUT2D eigenvalue weighted by Crippen LogP contribution is 2.36. The van der Waals surface area contributed by atoms with Crippen molar-refractivity contribution in [3.05, 3.63) is 41.4 Å². The summed E-state index contributed by atoms with van der Waals surface area (Å²) in [4.78, 5) is 23.7. The Hall–Kier alpha value is -3.00. The van der Waals surface area contributed by atoms with Gasteiger partial charge in [0.05, 0.1) is 24.4 Å². The van der Waals surface area contributed by atoms with E-state index < -0.39 is 18.3 Å². The van der Waals surface area contributed by atoms with Crippen LogP contribution >= 0.6 is 0 Å². The lowest BCUT2D eigenvalue weighted by molar-refractivity contribution is 0.00578. The third kappa shape index (κ3) is 4.85. The minimum Gasteiger partial charge on any atom is -0.421 e. The number of carbonyl (C=O) groups is 1. The average Bonchev–Trinajstić information content (AvgIpc) is 2.95. The van der Waals surface area contributed by atoms with Crippen LogP contribution in [0.15, 0.2) is 24.3 Å². The van der Waals surface area contributed by atoms with Crippen LogP contribution in [0.3, 0.4) is 0 Å². The molecule has 0 bridgehead atoms. The predicted octanol–water partition coefficient (Wildman–Crippen LogP) is 2.99. The van der Waals surface area contributed by atoms with Crippen molar-refractivity contribution in [1.82, 2.24) is 9.97 Å². The second-order valence-corrected chi connectivity index (χ2v) is 7.98. The van der Waals surface area contributed by atoms with E-state index in [9.17, 15) is 4.79 Å². The second-order valence-electron chi connectivity index (χ2n) is 7.98. The molecular weight excluding hydrogens is 399 g/mol. The third-order valence-electron chi connectivity index (χ3n) is 5.33. The lowest BCUT2D eigenvalue weighted by atomic mass is 9.78. The standard InChI is InChI=1S/C21H25BN4O5/c1-20(2)21(3,4)31-22(30-20)14-7-9-17(25-16(14)13-27)29-18-10-8-15(23-5)19(26-18)24-11-12-28-6/h7-10,13H,11-12H2,1-4,6H3,(H,24,26). The Labute approximate surface area is 182 Å². The van der Waals surface area contributed by atoms with Crippen molar-refractivity contribution in [2.24, 2.45) is 0 Å². The number of rotatable bonds is 8. The molecule has 0 amide bonds. The van der Waals surface area contributed by atoms with Crippen LogP contribution in [0.4, 0.5) is 11.5 Å². The number of hydrogen-bond acceptors (Lipinski definition) is 8. The highest BCUT2D eigenvalue weighted by atomic mass is 16.7. The molecule has 3 heterocycles. The fourth-order valence-electron chi connectivity index (χ4n) is 2.88. The summed E-state index contributed by atoms with van der Waals surface area (Å²) in [7, 11) is 0.882. The number of hydrogen-bond donors (Lipinski definition) is 1. The van der Waals surface area contributed by atoms with Gasteiger partial charge in [-0.1, -0.05) is 6.07 Å². The lowest BCUT2D eigenvalue weighted by Gasteiger charge is -2.32. The van der Waals surface area contributed by atoms with Crippen LogP contribution in [-0.2, 0) is 14.0 Å². The predicted molar refractivity (Wildman–Crippen MR) is 116 cm³/mol. The molecule has 31 heavy (non-hydrogen) atoms. The van der Waals surface area contributed by atoms with Crippen molar-refractivity contribution in [3.8, 4) is 11.8 Å². The molecule has 0 spiro atoms. The molecule has 1 aliphatic heterocycles. The topological polar surface area (TPSA) is 96.2 Å². The summed E-state index contributed by atoms with van der Waals surface area (Å²) in [5.41, 5.74) is -0.0192. The van der Waals surface area contributed by atoms with Crippen molar-refractivity contribution in [2.75, 3.05) is 25.6 Å². The van der Waals surface area contributed by atoms with Crippen molar-refractivity contribution < 1.29 is 23.6 Å². The summed E-state index contributed by atoms with van der Waals surface area (Å²) >= 11 is 0. The number of nitrogens with one attached hydrogen (secondary N) is 1. The minimum absolute atomic E-state index is 0.159. The molecule has 0 aliphatic carbocycles. The quantitative estimate of drug-likeness (QED) is 0.299. The Morgan fingerprint density at radius 3 is 2.39 bits per heavy atom. The minimum atomic E-state index is -0.709. The van der Waals surface area contributed by atoms with Gasteiger partial charge in [-0.25, -0.2) is 14.8 Å². The SMILES string of the molecule is [C-]#[N+]c1ccc(Oc2ccc(B3OC(C)(C)C(C)(C)O3)c(C=O)n2)nc1NCCOC. The van der Waals surface area contributed by atoms with Gasteiger partial charge in [-0.15, -0.1) is 0 Å². The lowest BCUT2D eigenvalue weighted by Crippen LogP contribution is -2.41. The van der Waals surface area contributed by atoms with E-state index in [1.807, 2.05) is 27.7 Å². The number of ether oxygens (including phenoxy) is 2. The van der Waals surface area contributed by atoms with Crippen LogP contribution in [0.5, 0.6) is 11.8 Å². The number of aldehydes is 1. The van der Waals surface area contributed by atoms with Crippen LogP contribution in [-0.4, -0.2) is 54.8 Å². The summed E-state index contributed by atoms with van der Waals surface area (Å²) in [5, 5.41) is 3.04. The first kappa shape index (κ1) is 22.7. The first-order valence-electron chi connectivity index (χ1n) is 9.81. The summed E-state index contributed by atoms with van der Waals surface area (Å²) < 4.78 is 22.8. The zero-order valence-electron chi connectivity index (χ0n) is 18.3. The van der Waals surface area contributed by atoms with Gasteiger partial charge in [-0.05, 0) is 39.8 Å².